The summed E-state index contributed by atoms with van der Waals surface area (Å²) in [6.07, 6.45) is 0. The Hall–Kier alpha value is -2.45. The highest BCUT2D eigenvalue weighted by Gasteiger charge is 2.14. The number of carbonyl (C=O) groups is 1. The standard InChI is InChI=1S/C19H24N4O3S/c1-5-23-16(11-13(3)21-23)18(24)20-19-22(9-10-26-6-2)15-8-7-14(25-4)12-17(15)27-19/h7-8,11-12H,5-6,9-10H2,1-4H3. The molecule has 0 spiro atoms. The first-order valence-electron chi connectivity index (χ1n) is 8.96. The van der Waals surface area contributed by atoms with Crippen molar-refractivity contribution in [1.82, 2.24) is 14.3 Å². The number of fused-ring (bicyclic) bond motifs is 1. The van der Waals surface area contributed by atoms with Crippen molar-refractivity contribution in [1.29, 1.82) is 0 Å². The summed E-state index contributed by atoms with van der Waals surface area (Å²) < 4.78 is 15.5. The fraction of sp³-hybridized carbons (Fsp3) is 0.421. The average molecular weight is 388 g/mol. The van der Waals surface area contributed by atoms with Crippen molar-refractivity contribution in [3.8, 4) is 5.75 Å². The summed E-state index contributed by atoms with van der Waals surface area (Å²) in [7, 11) is 1.64. The first-order chi connectivity index (χ1) is 13.1. The van der Waals surface area contributed by atoms with Gasteiger partial charge in [0, 0.05) is 19.7 Å². The lowest BCUT2D eigenvalue weighted by molar-refractivity contribution is 0.0986. The fourth-order valence-corrected chi connectivity index (χ4v) is 3.97. The SMILES string of the molecule is CCOCCn1c(=NC(=O)c2cc(C)nn2CC)sc2cc(OC)ccc21. The van der Waals surface area contributed by atoms with Crippen molar-refractivity contribution >= 4 is 27.5 Å². The molecular formula is C19H24N4O3S. The molecule has 2 heterocycles. The van der Waals surface area contributed by atoms with Crippen LogP contribution in [0.5, 0.6) is 5.75 Å². The number of methoxy groups -OCH3 is 1. The molecule has 0 radical (unpaired) electrons. The Labute approximate surface area is 161 Å². The molecule has 7 nitrogen and oxygen atoms in total. The number of hydrogen-bond acceptors (Lipinski definition) is 5. The van der Waals surface area contributed by atoms with E-state index in [4.69, 9.17) is 9.47 Å². The van der Waals surface area contributed by atoms with Crippen LogP contribution >= 0.6 is 11.3 Å². The Morgan fingerprint density at radius 1 is 1.30 bits per heavy atom. The first kappa shape index (κ1) is 19.3. The molecule has 0 atom stereocenters. The van der Waals surface area contributed by atoms with Gasteiger partial charge < -0.3 is 14.0 Å². The van der Waals surface area contributed by atoms with Crippen molar-refractivity contribution in [2.24, 2.45) is 4.99 Å². The van der Waals surface area contributed by atoms with Crippen LogP contribution in [-0.4, -0.2) is 40.6 Å². The summed E-state index contributed by atoms with van der Waals surface area (Å²) in [4.78, 5) is 17.9. The second kappa shape index (κ2) is 8.49. The highest BCUT2D eigenvalue weighted by molar-refractivity contribution is 7.16. The largest absolute Gasteiger partial charge is 0.497 e. The predicted octanol–water partition coefficient (Wildman–Crippen LogP) is 3.01. The number of thiazole rings is 1. The van der Waals surface area contributed by atoms with Gasteiger partial charge in [0.2, 0.25) is 0 Å². The molecule has 0 saturated carbocycles. The van der Waals surface area contributed by atoms with Crippen LogP contribution in [0.25, 0.3) is 10.2 Å². The molecule has 27 heavy (non-hydrogen) atoms. The van der Waals surface area contributed by atoms with Gasteiger partial charge in [0.25, 0.3) is 5.91 Å². The Morgan fingerprint density at radius 2 is 2.11 bits per heavy atom. The molecule has 3 aromatic rings. The predicted molar refractivity (Wildman–Crippen MR) is 105 cm³/mol. The minimum Gasteiger partial charge on any atom is -0.497 e. The highest BCUT2D eigenvalue weighted by atomic mass is 32.1. The van der Waals surface area contributed by atoms with E-state index in [1.54, 1.807) is 17.9 Å². The Balaban J connectivity index is 2.08. The van der Waals surface area contributed by atoms with E-state index in [-0.39, 0.29) is 5.91 Å². The van der Waals surface area contributed by atoms with Crippen molar-refractivity contribution in [2.75, 3.05) is 20.3 Å². The van der Waals surface area contributed by atoms with E-state index >= 15 is 0 Å². The van der Waals surface area contributed by atoms with Crippen LogP contribution in [0.3, 0.4) is 0 Å². The van der Waals surface area contributed by atoms with Gasteiger partial charge in [0.1, 0.15) is 11.4 Å². The lowest BCUT2D eigenvalue weighted by Crippen LogP contribution is -2.20. The Bertz CT molecular complexity index is 1020. The number of aromatic nitrogens is 3. The normalized spacial score (nSPS) is 12.1. The lowest BCUT2D eigenvalue weighted by Gasteiger charge is -2.06. The molecule has 2 aromatic heterocycles. The molecule has 0 N–H and O–H groups in total. The van der Waals surface area contributed by atoms with E-state index < -0.39 is 0 Å². The second-order valence-electron chi connectivity index (χ2n) is 5.97. The number of aryl methyl sites for hydroxylation is 2. The van der Waals surface area contributed by atoms with E-state index in [1.165, 1.54) is 11.3 Å². The van der Waals surface area contributed by atoms with Gasteiger partial charge >= 0.3 is 0 Å². The van der Waals surface area contributed by atoms with Gasteiger partial charge in [-0.05, 0) is 45.0 Å². The summed E-state index contributed by atoms with van der Waals surface area (Å²) in [6.45, 7) is 8.24. The van der Waals surface area contributed by atoms with Crippen LogP contribution in [0.2, 0.25) is 0 Å². The number of ether oxygens (including phenoxy) is 2. The third-order valence-electron chi connectivity index (χ3n) is 4.17. The van der Waals surface area contributed by atoms with Gasteiger partial charge in [0.05, 0.1) is 29.6 Å². The van der Waals surface area contributed by atoms with E-state index in [0.29, 0.717) is 36.8 Å². The lowest BCUT2D eigenvalue weighted by atomic mass is 10.3. The maximum absolute atomic E-state index is 12.8. The minimum absolute atomic E-state index is 0.291. The minimum atomic E-state index is -0.291. The maximum Gasteiger partial charge on any atom is 0.297 e. The van der Waals surface area contributed by atoms with Gasteiger partial charge in [-0.2, -0.15) is 10.1 Å². The molecule has 0 aliphatic carbocycles. The van der Waals surface area contributed by atoms with Crippen LogP contribution in [0, 0.1) is 6.92 Å². The quantitative estimate of drug-likeness (QED) is 0.584. The maximum atomic E-state index is 12.8. The first-order valence-corrected chi connectivity index (χ1v) is 9.77. The summed E-state index contributed by atoms with van der Waals surface area (Å²) in [5.74, 6) is 0.486. The number of amides is 1. The number of hydrogen-bond donors (Lipinski definition) is 0. The van der Waals surface area contributed by atoms with Crippen LogP contribution in [0.4, 0.5) is 0 Å². The topological polar surface area (TPSA) is 70.6 Å². The molecular weight excluding hydrogens is 364 g/mol. The smallest absolute Gasteiger partial charge is 0.297 e. The zero-order valence-electron chi connectivity index (χ0n) is 16.1. The van der Waals surface area contributed by atoms with Crippen LogP contribution in [0.15, 0.2) is 29.3 Å². The molecule has 8 heteroatoms. The van der Waals surface area contributed by atoms with Crippen molar-refractivity contribution in [2.45, 2.75) is 33.9 Å². The number of rotatable bonds is 7. The monoisotopic (exact) mass is 388 g/mol. The van der Waals surface area contributed by atoms with Crippen LogP contribution in [-0.2, 0) is 17.8 Å². The molecule has 0 unspecified atom stereocenters. The number of carbonyl (C=O) groups excluding carboxylic acids is 1. The summed E-state index contributed by atoms with van der Waals surface area (Å²) in [5, 5.41) is 4.34. The van der Waals surface area contributed by atoms with Gasteiger partial charge in [-0.1, -0.05) is 11.3 Å². The molecule has 0 fully saturated rings. The average Bonchev–Trinajstić information content (AvgIpc) is 3.21. The molecule has 0 aliphatic rings. The highest BCUT2D eigenvalue weighted by Crippen LogP contribution is 2.23. The molecule has 1 amide bonds. The van der Waals surface area contributed by atoms with Crippen molar-refractivity contribution < 1.29 is 14.3 Å². The summed E-state index contributed by atoms with van der Waals surface area (Å²) in [5.41, 5.74) is 2.31. The van der Waals surface area contributed by atoms with Crippen LogP contribution < -0.4 is 9.54 Å². The second-order valence-corrected chi connectivity index (χ2v) is 6.98. The van der Waals surface area contributed by atoms with E-state index in [2.05, 4.69) is 10.1 Å². The van der Waals surface area contributed by atoms with Gasteiger partial charge in [-0.3, -0.25) is 9.48 Å². The molecule has 1 aromatic carbocycles. The molecule has 0 saturated heterocycles. The summed E-state index contributed by atoms with van der Waals surface area (Å²) >= 11 is 1.46. The molecule has 3 rings (SSSR count). The van der Waals surface area contributed by atoms with E-state index in [9.17, 15) is 4.79 Å². The number of benzene rings is 1. The van der Waals surface area contributed by atoms with Crippen LogP contribution in [0.1, 0.15) is 30.0 Å². The third-order valence-corrected chi connectivity index (χ3v) is 5.21. The van der Waals surface area contributed by atoms with Gasteiger partial charge in [0.15, 0.2) is 4.80 Å². The molecule has 0 bridgehead atoms. The Kier molecular flexibility index (Phi) is 6.08. The zero-order chi connectivity index (χ0) is 19.4. The van der Waals surface area contributed by atoms with Crippen molar-refractivity contribution in [3.63, 3.8) is 0 Å². The summed E-state index contributed by atoms with van der Waals surface area (Å²) in [6, 6.07) is 7.63. The van der Waals surface area contributed by atoms with E-state index in [0.717, 1.165) is 21.7 Å². The number of nitrogens with zero attached hydrogens (tertiary/aromatic N) is 4. The van der Waals surface area contributed by atoms with Crippen molar-refractivity contribution in [3.05, 3.63) is 40.5 Å². The fourth-order valence-electron chi connectivity index (χ4n) is 2.88. The third kappa shape index (κ3) is 4.12. The van der Waals surface area contributed by atoms with E-state index in [1.807, 2.05) is 43.5 Å². The Morgan fingerprint density at radius 3 is 2.81 bits per heavy atom. The molecule has 144 valence electrons. The van der Waals surface area contributed by atoms with Gasteiger partial charge in [-0.25, -0.2) is 0 Å². The zero-order valence-corrected chi connectivity index (χ0v) is 16.9. The molecule has 0 aliphatic heterocycles. The van der Waals surface area contributed by atoms with Gasteiger partial charge in [-0.15, -0.1) is 0 Å².